The molecule has 3 N–H and O–H groups in total. The zero-order valence-corrected chi connectivity index (χ0v) is 19.1. The highest BCUT2D eigenvalue weighted by Gasteiger charge is 2.76. The molecule has 2 bridgehead atoms. The summed E-state index contributed by atoms with van der Waals surface area (Å²) in [6, 6.07) is 0. The van der Waals surface area contributed by atoms with E-state index < -0.39 is 64.6 Å². The molecule has 0 aromatic carbocycles. The van der Waals surface area contributed by atoms with E-state index in [2.05, 4.69) is 6.58 Å². The highest BCUT2D eigenvalue weighted by molar-refractivity contribution is 5.67. The zero-order chi connectivity index (χ0) is 23.1. The molecule has 10 atom stereocenters. The van der Waals surface area contributed by atoms with Crippen LogP contribution in [-0.2, 0) is 19.1 Å². The van der Waals surface area contributed by atoms with Crippen molar-refractivity contribution in [1.82, 2.24) is 0 Å². The molecule has 0 unspecified atom stereocenters. The molecule has 0 saturated heterocycles. The Kier molecular flexibility index (Phi) is 5.16. The van der Waals surface area contributed by atoms with Crippen molar-refractivity contribution < 1.29 is 34.4 Å². The van der Waals surface area contributed by atoms with E-state index in [-0.39, 0.29) is 18.3 Å². The Labute approximate surface area is 183 Å². The molecule has 4 aliphatic carbocycles. The molecular weight excluding hydrogens is 400 g/mol. The van der Waals surface area contributed by atoms with Crippen molar-refractivity contribution in [3.05, 3.63) is 12.2 Å². The van der Waals surface area contributed by atoms with Crippen LogP contribution in [0.3, 0.4) is 0 Å². The minimum absolute atomic E-state index is 0.0480. The van der Waals surface area contributed by atoms with E-state index in [1.807, 2.05) is 20.8 Å². The monoisotopic (exact) mass is 436 g/mol. The minimum atomic E-state index is -0.924. The molecule has 0 amide bonds. The predicted molar refractivity (Wildman–Crippen MR) is 112 cm³/mol. The van der Waals surface area contributed by atoms with Crippen molar-refractivity contribution in [3.63, 3.8) is 0 Å². The van der Waals surface area contributed by atoms with Crippen LogP contribution in [0.5, 0.6) is 0 Å². The van der Waals surface area contributed by atoms with Crippen molar-refractivity contribution >= 4 is 11.9 Å². The number of fused-ring (bicyclic) bond motifs is 3. The van der Waals surface area contributed by atoms with Gasteiger partial charge in [0.15, 0.2) is 0 Å². The summed E-state index contributed by atoms with van der Waals surface area (Å²) in [7, 11) is 0. The summed E-state index contributed by atoms with van der Waals surface area (Å²) in [6.07, 6.45) is -1.95. The van der Waals surface area contributed by atoms with Crippen LogP contribution in [0.2, 0.25) is 0 Å². The van der Waals surface area contributed by atoms with Crippen LogP contribution >= 0.6 is 0 Å². The van der Waals surface area contributed by atoms with E-state index in [4.69, 9.17) is 9.47 Å². The maximum absolute atomic E-state index is 12.1. The van der Waals surface area contributed by atoms with Crippen LogP contribution in [0.4, 0.5) is 0 Å². The largest absolute Gasteiger partial charge is 0.462 e. The maximum Gasteiger partial charge on any atom is 0.302 e. The first-order valence-electron chi connectivity index (χ1n) is 11.3. The first-order valence-corrected chi connectivity index (χ1v) is 11.3. The molecule has 4 aliphatic rings. The third-order valence-corrected chi connectivity index (χ3v) is 9.47. The molecule has 0 aromatic rings. The fraction of sp³-hybridized carbons (Fsp3) is 0.833. The van der Waals surface area contributed by atoms with E-state index in [0.717, 1.165) is 0 Å². The Morgan fingerprint density at radius 2 is 1.58 bits per heavy atom. The summed E-state index contributed by atoms with van der Waals surface area (Å²) in [5, 5.41) is 33.7. The van der Waals surface area contributed by atoms with Gasteiger partial charge in [0.1, 0.15) is 12.2 Å². The van der Waals surface area contributed by atoms with Gasteiger partial charge in [0.05, 0.1) is 18.3 Å². The van der Waals surface area contributed by atoms with Gasteiger partial charge in [-0.15, -0.1) is 0 Å². The van der Waals surface area contributed by atoms with Gasteiger partial charge in [-0.3, -0.25) is 9.59 Å². The van der Waals surface area contributed by atoms with Gasteiger partial charge in [0.25, 0.3) is 0 Å². The van der Waals surface area contributed by atoms with Gasteiger partial charge in [0.2, 0.25) is 0 Å². The van der Waals surface area contributed by atoms with Crippen LogP contribution in [0, 0.1) is 34.0 Å². The molecule has 4 saturated carbocycles. The first-order chi connectivity index (χ1) is 14.3. The normalized spacial score (nSPS) is 50.3. The summed E-state index contributed by atoms with van der Waals surface area (Å²) >= 11 is 0. The summed E-state index contributed by atoms with van der Waals surface area (Å²) < 4.78 is 11.7. The van der Waals surface area contributed by atoms with Crippen molar-refractivity contribution in [1.29, 1.82) is 0 Å². The Balaban J connectivity index is 1.95. The van der Waals surface area contributed by atoms with Gasteiger partial charge in [-0.25, -0.2) is 0 Å². The summed E-state index contributed by atoms with van der Waals surface area (Å²) in [5.74, 6) is -1.56. The zero-order valence-electron chi connectivity index (χ0n) is 19.1. The van der Waals surface area contributed by atoms with Crippen LogP contribution in [0.25, 0.3) is 0 Å². The lowest BCUT2D eigenvalue weighted by Crippen LogP contribution is -2.72. The van der Waals surface area contributed by atoms with Crippen molar-refractivity contribution in [2.45, 2.75) is 90.8 Å². The van der Waals surface area contributed by atoms with E-state index in [1.54, 1.807) is 0 Å². The molecule has 0 heterocycles. The highest BCUT2D eigenvalue weighted by Crippen LogP contribution is 2.72. The average molecular weight is 437 g/mol. The highest BCUT2D eigenvalue weighted by atomic mass is 16.6. The maximum atomic E-state index is 12.1. The summed E-state index contributed by atoms with van der Waals surface area (Å²) in [4.78, 5) is 24.2. The second kappa shape index (κ2) is 7.03. The minimum Gasteiger partial charge on any atom is -0.462 e. The van der Waals surface area contributed by atoms with Gasteiger partial charge < -0.3 is 24.8 Å². The molecule has 174 valence electrons. The molecule has 0 aromatic heterocycles. The quantitative estimate of drug-likeness (QED) is 0.448. The van der Waals surface area contributed by atoms with Gasteiger partial charge in [0, 0.05) is 37.0 Å². The van der Waals surface area contributed by atoms with Gasteiger partial charge in [-0.05, 0) is 42.1 Å². The van der Waals surface area contributed by atoms with Crippen LogP contribution in [-0.4, -0.2) is 57.8 Å². The molecule has 7 nitrogen and oxygen atoms in total. The number of hydrogen-bond acceptors (Lipinski definition) is 7. The third kappa shape index (κ3) is 2.89. The average Bonchev–Trinajstić information content (AvgIpc) is 2.83. The smallest absolute Gasteiger partial charge is 0.302 e. The fourth-order valence-corrected chi connectivity index (χ4v) is 8.16. The van der Waals surface area contributed by atoms with Gasteiger partial charge in [-0.2, -0.15) is 0 Å². The number of aliphatic hydroxyl groups is 3. The molecule has 4 fully saturated rings. The Morgan fingerprint density at radius 3 is 2.16 bits per heavy atom. The number of aliphatic hydroxyl groups excluding tert-OH is 3. The van der Waals surface area contributed by atoms with E-state index in [9.17, 15) is 24.9 Å². The number of carbonyl (C=O) groups excluding carboxylic acids is 2. The van der Waals surface area contributed by atoms with E-state index in [1.165, 1.54) is 13.8 Å². The summed E-state index contributed by atoms with van der Waals surface area (Å²) in [5.41, 5.74) is -1.53. The second-order valence-corrected chi connectivity index (χ2v) is 11.2. The molecular formula is C24H36O7. The predicted octanol–water partition coefficient (Wildman–Crippen LogP) is 1.97. The number of esters is 2. The number of carbonyl (C=O) groups is 2. The van der Waals surface area contributed by atoms with Crippen molar-refractivity contribution in [2.75, 3.05) is 0 Å². The van der Waals surface area contributed by atoms with Crippen LogP contribution < -0.4 is 0 Å². The Morgan fingerprint density at radius 1 is 0.968 bits per heavy atom. The fourth-order valence-electron chi connectivity index (χ4n) is 8.16. The van der Waals surface area contributed by atoms with Crippen LogP contribution in [0.15, 0.2) is 12.2 Å². The SMILES string of the molecule is C=C1[C@@H]2C[C@H](OC(C)=O)[C@H]3[C@@]4(C)[C@H](C[C@H](OC(C)=O)[C@]3(C2)[C@@H]1O)C(C)(C)[C@@H](O)C[C@@H]4O. The molecule has 7 heteroatoms. The molecule has 1 spiro atoms. The standard InChI is InChI=1S/C24H36O7/c1-11-14-7-15(30-12(2)25)20-23(6)16(22(4,5)17(27)9-18(23)28)8-19(31-13(3)26)24(20,10-14)21(11)29/h14-21,27-29H,1,7-10H2,2-6H3/t14-,15+,16-,17+,18+,19+,20+,21-,23+,24+/m1/s1. The molecule has 0 radical (unpaired) electrons. The summed E-state index contributed by atoms with van der Waals surface area (Å²) in [6.45, 7) is 12.8. The number of ether oxygens (including phenoxy) is 2. The first kappa shape index (κ1) is 22.7. The Bertz CT molecular complexity index is 806. The number of rotatable bonds is 2. The number of hydrogen-bond donors (Lipinski definition) is 3. The third-order valence-electron chi connectivity index (χ3n) is 9.47. The van der Waals surface area contributed by atoms with Crippen LogP contribution in [0.1, 0.15) is 60.3 Å². The van der Waals surface area contributed by atoms with Crippen molar-refractivity contribution in [3.8, 4) is 0 Å². The lowest BCUT2D eigenvalue weighted by molar-refractivity contribution is -0.291. The second-order valence-electron chi connectivity index (χ2n) is 11.2. The Hall–Kier alpha value is -1.44. The van der Waals surface area contributed by atoms with E-state index >= 15 is 0 Å². The molecule has 0 aliphatic heterocycles. The van der Waals surface area contributed by atoms with Gasteiger partial charge >= 0.3 is 11.9 Å². The topological polar surface area (TPSA) is 113 Å². The lowest BCUT2D eigenvalue weighted by atomic mass is 9.38. The van der Waals surface area contributed by atoms with Crippen molar-refractivity contribution in [2.24, 2.45) is 34.0 Å². The van der Waals surface area contributed by atoms with E-state index in [0.29, 0.717) is 24.8 Å². The lowest BCUT2D eigenvalue weighted by Gasteiger charge is -2.68. The van der Waals surface area contributed by atoms with Gasteiger partial charge in [-0.1, -0.05) is 27.4 Å². The molecule has 31 heavy (non-hydrogen) atoms. The molecule has 4 rings (SSSR count).